The van der Waals surface area contributed by atoms with Crippen LogP contribution in [0.5, 0.6) is 11.5 Å². The maximum atomic E-state index is 11.2. The van der Waals surface area contributed by atoms with Gasteiger partial charge in [0.1, 0.15) is 12.2 Å². The van der Waals surface area contributed by atoms with Gasteiger partial charge in [0, 0.05) is 6.42 Å². The number of hydrogen-bond donors (Lipinski definition) is 1. The Morgan fingerprint density at radius 2 is 2.24 bits per heavy atom. The number of benzene rings is 1. The largest absolute Gasteiger partial charge is 0.493 e. The van der Waals surface area contributed by atoms with E-state index in [4.69, 9.17) is 18.9 Å². The Labute approximate surface area is 123 Å². The van der Waals surface area contributed by atoms with Gasteiger partial charge in [-0.2, -0.15) is 0 Å². The molecule has 2 unspecified atom stereocenters. The summed E-state index contributed by atoms with van der Waals surface area (Å²) in [7, 11) is 1.62. The Hall–Kier alpha value is -1.95. The fourth-order valence-corrected chi connectivity index (χ4v) is 2.66. The summed E-state index contributed by atoms with van der Waals surface area (Å²) < 4.78 is 22.0. The Morgan fingerprint density at radius 3 is 2.86 bits per heavy atom. The zero-order valence-electron chi connectivity index (χ0n) is 12.2. The zero-order valence-corrected chi connectivity index (χ0v) is 12.2. The molecule has 0 bridgehead atoms. The number of carbonyl (C=O) groups excluding carboxylic acids is 1. The minimum absolute atomic E-state index is 0.0396. The highest BCUT2D eigenvalue weighted by Gasteiger charge is 2.27. The molecule has 3 rings (SSSR count). The quantitative estimate of drug-likeness (QED) is 0.919. The molecule has 1 amide bonds. The summed E-state index contributed by atoms with van der Waals surface area (Å²) in [6, 6.07) is 3.84. The second kappa shape index (κ2) is 5.81. The lowest BCUT2D eigenvalue weighted by atomic mass is 10.0. The molecule has 6 nitrogen and oxygen atoms in total. The number of alkyl carbamates (subject to hydrolysis) is 1. The third kappa shape index (κ3) is 2.90. The van der Waals surface area contributed by atoms with Gasteiger partial charge in [-0.1, -0.05) is 0 Å². The molecule has 2 aliphatic rings. The van der Waals surface area contributed by atoms with Crippen LogP contribution in [-0.4, -0.2) is 39.1 Å². The highest BCUT2D eigenvalue weighted by molar-refractivity contribution is 5.70. The van der Waals surface area contributed by atoms with Crippen LogP contribution in [0.25, 0.3) is 0 Å². The maximum Gasteiger partial charge on any atom is 0.407 e. The average Bonchev–Trinajstić information content (AvgIpc) is 3.10. The van der Waals surface area contributed by atoms with Crippen molar-refractivity contribution in [2.75, 3.05) is 26.9 Å². The van der Waals surface area contributed by atoms with Gasteiger partial charge in [0.05, 0.1) is 26.9 Å². The van der Waals surface area contributed by atoms with E-state index in [2.05, 4.69) is 5.32 Å². The number of nitrogens with one attached hydrogen (secondary N) is 1. The first-order chi connectivity index (χ1) is 10.2. The Kier molecular flexibility index (Phi) is 3.88. The number of aryl methyl sites for hydroxylation is 1. The van der Waals surface area contributed by atoms with Crippen LogP contribution in [0.15, 0.2) is 12.1 Å². The Morgan fingerprint density at radius 1 is 1.38 bits per heavy atom. The smallest absolute Gasteiger partial charge is 0.407 e. The van der Waals surface area contributed by atoms with Gasteiger partial charge in [-0.05, 0) is 30.2 Å². The van der Waals surface area contributed by atoms with Gasteiger partial charge >= 0.3 is 6.09 Å². The van der Waals surface area contributed by atoms with Crippen LogP contribution >= 0.6 is 0 Å². The van der Waals surface area contributed by atoms with E-state index < -0.39 is 0 Å². The lowest BCUT2D eigenvalue weighted by Gasteiger charge is -2.19. The number of rotatable bonds is 4. The second-order valence-corrected chi connectivity index (χ2v) is 5.25. The highest BCUT2D eigenvalue weighted by atomic mass is 16.6. The summed E-state index contributed by atoms with van der Waals surface area (Å²) >= 11 is 0. The van der Waals surface area contributed by atoms with E-state index in [9.17, 15) is 4.79 Å². The third-order valence-electron chi connectivity index (χ3n) is 3.70. The van der Waals surface area contributed by atoms with Gasteiger partial charge in [0.25, 0.3) is 0 Å². The van der Waals surface area contributed by atoms with Gasteiger partial charge in [-0.15, -0.1) is 0 Å². The van der Waals surface area contributed by atoms with Crippen molar-refractivity contribution in [1.29, 1.82) is 0 Å². The predicted octanol–water partition coefficient (Wildman–Crippen LogP) is 1.95. The number of hydrogen-bond acceptors (Lipinski definition) is 5. The van der Waals surface area contributed by atoms with Crippen LogP contribution in [-0.2, 0) is 9.47 Å². The molecule has 1 aromatic carbocycles. The van der Waals surface area contributed by atoms with Crippen LogP contribution in [0.4, 0.5) is 4.79 Å². The molecule has 2 fully saturated rings. The molecule has 2 heterocycles. The fraction of sp³-hybridized carbons (Fsp3) is 0.533. The van der Waals surface area contributed by atoms with Crippen LogP contribution in [0.2, 0.25) is 0 Å². The summed E-state index contributed by atoms with van der Waals surface area (Å²) in [6.07, 6.45) is 0.231. The van der Waals surface area contributed by atoms with Crippen LogP contribution < -0.4 is 14.8 Å². The van der Waals surface area contributed by atoms with Crippen molar-refractivity contribution in [1.82, 2.24) is 5.32 Å². The van der Waals surface area contributed by atoms with Gasteiger partial charge in [-0.25, -0.2) is 4.79 Å². The summed E-state index contributed by atoms with van der Waals surface area (Å²) in [5.41, 5.74) is 1.85. The SMILES string of the molecule is COc1c(C)cc(C2CNC(=O)O2)cc1OC1CCOC1. The lowest BCUT2D eigenvalue weighted by Crippen LogP contribution is -2.17. The van der Waals surface area contributed by atoms with Crippen molar-refractivity contribution in [3.8, 4) is 11.5 Å². The average molecular weight is 293 g/mol. The van der Waals surface area contributed by atoms with Crippen LogP contribution in [0.3, 0.4) is 0 Å². The van der Waals surface area contributed by atoms with Gasteiger partial charge in [-0.3, -0.25) is 0 Å². The van der Waals surface area contributed by atoms with Crippen molar-refractivity contribution in [3.63, 3.8) is 0 Å². The molecule has 0 saturated carbocycles. The molecule has 1 N–H and O–H groups in total. The summed E-state index contributed by atoms with van der Waals surface area (Å²) in [6.45, 7) is 3.73. The molecular weight excluding hydrogens is 274 g/mol. The number of amides is 1. The minimum Gasteiger partial charge on any atom is -0.493 e. The van der Waals surface area contributed by atoms with E-state index in [1.807, 2.05) is 19.1 Å². The van der Waals surface area contributed by atoms with Crippen molar-refractivity contribution >= 4 is 6.09 Å². The lowest BCUT2D eigenvalue weighted by molar-refractivity contribution is 0.135. The first-order valence-corrected chi connectivity index (χ1v) is 7.05. The molecule has 1 aromatic rings. The van der Waals surface area contributed by atoms with E-state index in [-0.39, 0.29) is 18.3 Å². The van der Waals surface area contributed by atoms with Crippen molar-refractivity contribution in [3.05, 3.63) is 23.3 Å². The maximum absolute atomic E-state index is 11.2. The Balaban J connectivity index is 1.88. The number of methoxy groups -OCH3 is 1. The van der Waals surface area contributed by atoms with Crippen LogP contribution in [0, 0.1) is 6.92 Å². The molecule has 21 heavy (non-hydrogen) atoms. The van der Waals surface area contributed by atoms with Crippen molar-refractivity contribution in [2.24, 2.45) is 0 Å². The van der Waals surface area contributed by atoms with Crippen LogP contribution in [0.1, 0.15) is 23.7 Å². The topological polar surface area (TPSA) is 66.0 Å². The summed E-state index contributed by atoms with van der Waals surface area (Å²) in [4.78, 5) is 11.2. The first-order valence-electron chi connectivity index (χ1n) is 7.05. The molecule has 114 valence electrons. The minimum atomic E-state index is -0.389. The van der Waals surface area contributed by atoms with E-state index in [1.54, 1.807) is 7.11 Å². The van der Waals surface area contributed by atoms with E-state index in [0.717, 1.165) is 24.2 Å². The molecule has 0 spiro atoms. The zero-order chi connectivity index (χ0) is 14.8. The molecule has 0 radical (unpaired) electrons. The summed E-state index contributed by atoms with van der Waals surface area (Å²) in [5, 5.41) is 2.66. The standard InChI is InChI=1S/C15H19NO5/c1-9-5-10(13-7-16-15(17)21-13)6-12(14(9)18-2)20-11-3-4-19-8-11/h5-6,11,13H,3-4,7-8H2,1-2H3,(H,16,17). The van der Waals surface area contributed by atoms with Crippen molar-refractivity contribution < 1.29 is 23.7 Å². The highest BCUT2D eigenvalue weighted by Crippen LogP contribution is 2.36. The van der Waals surface area contributed by atoms with Crippen molar-refractivity contribution in [2.45, 2.75) is 25.6 Å². The van der Waals surface area contributed by atoms with E-state index >= 15 is 0 Å². The number of ether oxygens (including phenoxy) is 4. The molecule has 0 aliphatic carbocycles. The second-order valence-electron chi connectivity index (χ2n) is 5.25. The molecule has 6 heteroatoms. The van der Waals surface area contributed by atoms with E-state index in [1.165, 1.54) is 0 Å². The van der Waals surface area contributed by atoms with Gasteiger partial charge in [0.15, 0.2) is 11.5 Å². The van der Waals surface area contributed by atoms with Gasteiger partial charge < -0.3 is 24.3 Å². The molecular formula is C15H19NO5. The van der Waals surface area contributed by atoms with E-state index in [0.29, 0.717) is 24.7 Å². The molecule has 0 aromatic heterocycles. The molecule has 2 atom stereocenters. The normalized spacial score (nSPS) is 24.6. The number of carbonyl (C=O) groups is 1. The monoisotopic (exact) mass is 293 g/mol. The molecule has 2 aliphatic heterocycles. The number of cyclic esters (lactones) is 1. The first kappa shape index (κ1) is 14.0. The third-order valence-corrected chi connectivity index (χ3v) is 3.70. The molecule has 2 saturated heterocycles. The summed E-state index contributed by atoms with van der Waals surface area (Å²) in [5.74, 6) is 1.38. The fourth-order valence-electron chi connectivity index (χ4n) is 2.66. The predicted molar refractivity (Wildman–Crippen MR) is 74.8 cm³/mol. The van der Waals surface area contributed by atoms with Gasteiger partial charge in [0.2, 0.25) is 0 Å². The Bertz CT molecular complexity index is 539.